The van der Waals surface area contributed by atoms with Crippen molar-refractivity contribution in [1.29, 1.82) is 0 Å². The summed E-state index contributed by atoms with van der Waals surface area (Å²) in [6.45, 7) is 0.0162. The first-order valence-electron chi connectivity index (χ1n) is 2.86. The second-order valence-corrected chi connectivity index (χ2v) is 2.16. The lowest BCUT2D eigenvalue weighted by Crippen LogP contribution is -2.40. The van der Waals surface area contributed by atoms with Crippen LogP contribution < -0.4 is 0 Å². The molecule has 0 saturated carbocycles. The van der Waals surface area contributed by atoms with Crippen LogP contribution in [-0.4, -0.2) is 40.4 Å². The van der Waals surface area contributed by atoms with Crippen molar-refractivity contribution in [2.75, 3.05) is 6.61 Å². The lowest BCUT2D eigenvalue weighted by atomic mass is 10.1. The Morgan fingerprint density at radius 3 is 2.22 bits per heavy atom. The molecule has 1 aliphatic rings. The van der Waals surface area contributed by atoms with Crippen LogP contribution >= 0.6 is 0 Å². The summed E-state index contributed by atoms with van der Waals surface area (Å²) < 4.78 is 4.61. The van der Waals surface area contributed by atoms with E-state index in [0.29, 0.717) is 0 Å². The molecule has 1 rings (SSSR count). The van der Waals surface area contributed by atoms with Crippen LogP contribution in [0.2, 0.25) is 0 Å². The normalized spacial score (nSPS) is 45.0. The third-order valence-electron chi connectivity index (χ3n) is 1.35. The van der Waals surface area contributed by atoms with Gasteiger partial charge in [0.05, 0.1) is 12.7 Å². The summed E-state index contributed by atoms with van der Waals surface area (Å²) in [6.07, 6.45) is -2.49. The van der Waals surface area contributed by atoms with Gasteiger partial charge in [-0.3, -0.25) is 0 Å². The summed E-state index contributed by atoms with van der Waals surface area (Å²) in [5.41, 5.74) is 0. The van der Waals surface area contributed by atoms with Gasteiger partial charge in [-0.25, -0.2) is 0 Å². The first kappa shape index (κ1) is 6.95. The van der Waals surface area contributed by atoms with E-state index in [1.54, 1.807) is 0 Å². The molecule has 1 aliphatic heterocycles. The molecule has 1 heterocycles. The van der Waals surface area contributed by atoms with E-state index in [1.807, 2.05) is 0 Å². The molecule has 1 fully saturated rings. The Kier molecular flexibility index (Phi) is 2.02. The van der Waals surface area contributed by atoms with Crippen molar-refractivity contribution in [3.05, 3.63) is 0 Å². The van der Waals surface area contributed by atoms with Crippen molar-refractivity contribution in [2.45, 2.75) is 24.9 Å². The maximum atomic E-state index is 8.86. The summed E-state index contributed by atoms with van der Waals surface area (Å²) in [7, 11) is 0. The highest BCUT2D eigenvalue weighted by molar-refractivity contribution is 4.72. The second-order valence-electron chi connectivity index (χ2n) is 2.16. The quantitative estimate of drug-likeness (QED) is 0.375. The second kappa shape index (κ2) is 2.62. The molecule has 9 heavy (non-hydrogen) atoms. The predicted molar refractivity (Wildman–Crippen MR) is 28.6 cm³/mol. The first-order chi connectivity index (χ1) is 4.20. The molecule has 0 aromatic rings. The van der Waals surface area contributed by atoms with E-state index in [-0.39, 0.29) is 13.0 Å². The van der Waals surface area contributed by atoms with Gasteiger partial charge in [0.2, 0.25) is 0 Å². The van der Waals surface area contributed by atoms with Gasteiger partial charge in [0.25, 0.3) is 0 Å². The molecule has 54 valence electrons. The van der Waals surface area contributed by atoms with Crippen molar-refractivity contribution < 1.29 is 20.1 Å². The highest BCUT2D eigenvalue weighted by Crippen LogP contribution is 2.11. The summed E-state index contributed by atoms with van der Waals surface area (Å²) >= 11 is 0. The van der Waals surface area contributed by atoms with Crippen molar-refractivity contribution in [2.24, 2.45) is 0 Å². The lowest BCUT2D eigenvalue weighted by Gasteiger charge is -2.26. The summed E-state index contributed by atoms with van der Waals surface area (Å²) in [6, 6.07) is 0. The Labute approximate surface area is 52.7 Å². The minimum absolute atomic E-state index is 0.0162. The standard InChI is InChI=1S/C5H10O4/c6-3-1-5(8)9-2-4(3)7/h3-8H,1-2H2. The number of hydrogen-bond donors (Lipinski definition) is 3. The maximum absolute atomic E-state index is 8.86. The SMILES string of the molecule is OC1CC(O)C(O)CO1. The molecule has 3 atom stereocenters. The largest absolute Gasteiger partial charge is 0.390 e. The zero-order valence-electron chi connectivity index (χ0n) is 4.90. The molecule has 0 aromatic carbocycles. The van der Waals surface area contributed by atoms with Crippen LogP contribution in [0, 0.1) is 0 Å². The van der Waals surface area contributed by atoms with Gasteiger partial charge in [-0.15, -0.1) is 0 Å². The number of ether oxygens (including phenoxy) is 1. The summed E-state index contributed by atoms with van der Waals surface area (Å²) in [5.74, 6) is 0. The van der Waals surface area contributed by atoms with Crippen molar-refractivity contribution >= 4 is 0 Å². The van der Waals surface area contributed by atoms with Crippen LogP contribution in [0.25, 0.3) is 0 Å². The van der Waals surface area contributed by atoms with Crippen molar-refractivity contribution in [3.8, 4) is 0 Å². The Morgan fingerprint density at radius 1 is 1.11 bits per heavy atom. The maximum Gasteiger partial charge on any atom is 0.157 e. The monoisotopic (exact) mass is 134 g/mol. The van der Waals surface area contributed by atoms with E-state index in [2.05, 4.69) is 4.74 Å². The highest BCUT2D eigenvalue weighted by Gasteiger charge is 2.26. The number of aliphatic hydroxyl groups excluding tert-OH is 3. The van der Waals surface area contributed by atoms with Gasteiger partial charge < -0.3 is 20.1 Å². The molecule has 0 aromatic heterocycles. The molecular formula is C5H10O4. The minimum Gasteiger partial charge on any atom is -0.390 e. The third kappa shape index (κ3) is 1.62. The predicted octanol–water partition coefficient (Wildman–Crippen LogP) is -1.55. The van der Waals surface area contributed by atoms with Crippen molar-refractivity contribution in [1.82, 2.24) is 0 Å². The van der Waals surface area contributed by atoms with Crippen LogP contribution in [0.4, 0.5) is 0 Å². The molecule has 0 aliphatic carbocycles. The zero-order chi connectivity index (χ0) is 6.85. The van der Waals surface area contributed by atoms with Gasteiger partial charge in [-0.05, 0) is 0 Å². The van der Waals surface area contributed by atoms with E-state index in [4.69, 9.17) is 15.3 Å². The summed E-state index contributed by atoms with van der Waals surface area (Å²) in [5, 5.41) is 26.4. The minimum atomic E-state index is -0.914. The molecule has 0 radical (unpaired) electrons. The van der Waals surface area contributed by atoms with E-state index in [0.717, 1.165) is 0 Å². The fraction of sp³-hybridized carbons (Fsp3) is 1.00. The van der Waals surface area contributed by atoms with Gasteiger partial charge in [0.1, 0.15) is 6.10 Å². The van der Waals surface area contributed by atoms with E-state index >= 15 is 0 Å². The van der Waals surface area contributed by atoms with Crippen molar-refractivity contribution in [3.63, 3.8) is 0 Å². The van der Waals surface area contributed by atoms with E-state index < -0.39 is 18.5 Å². The third-order valence-corrected chi connectivity index (χ3v) is 1.35. The van der Waals surface area contributed by atoms with Crippen LogP contribution in [0.3, 0.4) is 0 Å². The lowest BCUT2D eigenvalue weighted by molar-refractivity contribution is -0.193. The molecule has 4 heteroatoms. The molecule has 4 nitrogen and oxygen atoms in total. The number of aliphatic hydroxyl groups is 3. The zero-order valence-corrected chi connectivity index (χ0v) is 4.90. The van der Waals surface area contributed by atoms with Gasteiger partial charge in [-0.1, -0.05) is 0 Å². The Bertz CT molecular complexity index is 95.0. The first-order valence-corrected chi connectivity index (χ1v) is 2.86. The van der Waals surface area contributed by atoms with Gasteiger partial charge in [0.15, 0.2) is 6.29 Å². The average molecular weight is 134 g/mol. The van der Waals surface area contributed by atoms with Crippen LogP contribution in [-0.2, 0) is 4.74 Å². The molecule has 1 saturated heterocycles. The Hall–Kier alpha value is -0.160. The fourth-order valence-corrected chi connectivity index (χ4v) is 0.752. The molecule has 0 bridgehead atoms. The number of hydrogen-bond acceptors (Lipinski definition) is 4. The van der Waals surface area contributed by atoms with E-state index in [9.17, 15) is 0 Å². The van der Waals surface area contributed by atoms with Gasteiger partial charge in [0, 0.05) is 6.42 Å². The molecule has 3 unspecified atom stereocenters. The smallest absolute Gasteiger partial charge is 0.157 e. The molecule has 0 amide bonds. The Morgan fingerprint density at radius 2 is 1.78 bits per heavy atom. The van der Waals surface area contributed by atoms with Gasteiger partial charge in [-0.2, -0.15) is 0 Å². The highest BCUT2D eigenvalue weighted by atomic mass is 16.6. The summed E-state index contributed by atoms with van der Waals surface area (Å²) in [4.78, 5) is 0. The van der Waals surface area contributed by atoms with Crippen LogP contribution in [0.15, 0.2) is 0 Å². The fourth-order valence-electron chi connectivity index (χ4n) is 0.752. The Balaban J connectivity index is 2.35. The van der Waals surface area contributed by atoms with Gasteiger partial charge >= 0.3 is 0 Å². The van der Waals surface area contributed by atoms with Crippen LogP contribution in [0.1, 0.15) is 6.42 Å². The molecule has 3 N–H and O–H groups in total. The topological polar surface area (TPSA) is 69.9 Å². The van der Waals surface area contributed by atoms with Crippen LogP contribution in [0.5, 0.6) is 0 Å². The molecule has 0 spiro atoms. The molecular weight excluding hydrogens is 124 g/mol. The van der Waals surface area contributed by atoms with E-state index in [1.165, 1.54) is 0 Å². The number of rotatable bonds is 0. The average Bonchev–Trinajstić information content (AvgIpc) is 1.80.